The molecule has 2 aromatic carbocycles. The highest BCUT2D eigenvalue weighted by Crippen LogP contribution is 2.22. The third kappa shape index (κ3) is 4.47. The Labute approximate surface area is 207 Å². The molecular weight excluding hydrogens is 463 g/mol. The number of esters is 1. The summed E-state index contributed by atoms with van der Waals surface area (Å²) in [5.74, 6) is -1.66. The van der Waals surface area contributed by atoms with Gasteiger partial charge in [0.15, 0.2) is 6.10 Å². The highest BCUT2D eigenvalue weighted by molar-refractivity contribution is 5.98. The number of nitrogens with one attached hydrogen (secondary N) is 1. The van der Waals surface area contributed by atoms with Gasteiger partial charge in [-0.15, -0.1) is 0 Å². The number of halogens is 1. The molecule has 2 heterocycles. The van der Waals surface area contributed by atoms with Crippen LogP contribution < -0.4 is 10.9 Å². The summed E-state index contributed by atoms with van der Waals surface area (Å²) >= 11 is 0. The molecular formula is C27H27FN4O4. The summed E-state index contributed by atoms with van der Waals surface area (Å²) in [7, 11) is 1.72. The Kier molecular flexibility index (Phi) is 6.65. The molecule has 9 heteroatoms. The molecule has 0 unspecified atom stereocenters. The van der Waals surface area contributed by atoms with E-state index in [4.69, 9.17) is 4.74 Å². The number of hydrogen-bond acceptors (Lipinski definition) is 4. The number of benzene rings is 2. The summed E-state index contributed by atoms with van der Waals surface area (Å²) < 4.78 is 23.7. The largest absolute Gasteiger partial charge is 0.449 e. The molecule has 0 radical (unpaired) electrons. The molecule has 0 aliphatic heterocycles. The monoisotopic (exact) mass is 490 g/mol. The van der Waals surface area contributed by atoms with Gasteiger partial charge in [-0.3, -0.25) is 14.3 Å². The zero-order valence-corrected chi connectivity index (χ0v) is 20.7. The fourth-order valence-corrected chi connectivity index (χ4v) is 4.17. The van der Waals surface area contributed by atoms with Crippen molar-refractivity contribution in [3.05, 3.63) is 99.5 Å². The molecule has 4 rings (SSSR count). The van der Waals surface area contributed by atoms with E-state index in [0.29, 0.717) is 28.3 Å². The van der Waals surface area contributed by atoms with Crippen LogP contribution in [0.4, 0.5) is 10.1 Å². The molecule has 186 valence electrons. The van der Waals surface area contributed by atoms with Crippen molar-refractivity contribution >= 4 is 17.6 Å². The van der Waals surface area contributed by atoms with Crippen molar-refractivity contribution in [3.8, 4) is 11.4 Å². The lowest BCUT2D eigenvalue weighted by molar-refractivity contribution is -0.123. The van der Waals surface area contributed by atoms with E-state index in [1.54, 1.807) is 60.5 Å². The number of aromatic nitrogens is 3. The van der Waals surface area contributed by atoms with Crippen molar-refractivity contribution in [2.24, 2.45) is 7.05 Å². The molecule has 0 aliphatic carbocycles. The third-order valence-corrected chi connectivity index (χ3v) is 6.19. The van der Waals surface area contributed by atoms with Gasteiger partial charge < -0.3 is 14.6 Å². The standard InChI is InChI=1S/C27H27FN4O4/c1-16-15-23(17(2)31(16)21-13-11-20(28)12-14-21)27(35)36-19(4)25(33)29-24-18(3)30(5)32(26(24)34)22-9-7-6-8-10-22/h6-15,19H,1-5H3,(H,29,33)/t19-/m0/s1. The molecule has 1 amide bonds. The number of nitrogens with zero attached hydrogens (tertiary/aromatic N) is 3. The summed E-state index contributed by atoms with van der Waals surface area (Å²) in [6.45, 7) is 6.73. The number of anilines is 1. The maximum atomic E-state index is 13.3. The minimum atomic E-state index is -1.16. The molecule has 1 N–H and O–H groups in total. The molecule has 4 aromatic rings. The predicted octanol–water partition coefficient (Wildman–Crippen LogP) is 4.22. The van der Waals surface area contributed by atoms with Crippen LogP contribution in [0, 0.1) is 26.6 Å². The van der Waals surface area contributed by atoms with E-state index in [0.717, 1.165) is 5.69 Å². The van der Waals surface area contributed by atoms with Crippen LogP contribution in [0.3, 0.4) is 0 Å². The predicted molar refractivity (Wildman–Crippen MR) is 134 cm³/mol. The number of para-hydroxylation sites is 1. The van der Waals surface area contributed by atoms with E-state index in [-0.39, 0.29) is 11.5 Å². The number of ether oxygens (including phenoxy) is 1. The third-order valence-electron chi connectivity index (χ3n) is 6.19. The minimum absolute atomic E-state index is 0.115. The number of hydrogen-bond donors (Lipinski definition) is 1. The molecule has 0 spiro atoms. The van der Waals surface area contributed by atoms with Crippen molar-refractivity contribution in [2.75, 3.05) is 5.32 Å². The van der Waals surface area contributed by atoms with Gasteiger partial charge in [0.25, 0.3) is 11.5 Å². The van der Waals surface area contributed by atoms with Crippen LogP contribution in [0.25, 0.3) is 11.4 Å². The van der Waals surface area contributed by atoms with Gasteiger partial charge in [-0.05, 0) is 70.2 Å². The Morgan fingerprint density at radius 3 is 2.22 bits per heavy atom. The number of rotatable bonds is 6. The number of amides is 1. The van der Waals surface area contributed by atoms with Crippen LogP contribution in [0.1, 0.15) is 34.4 Å². The van der Waals surface area contributed by atoms with Gasteiger partial charge >= 0.3 is 5.97 Å². The average Bonchev–Trinajstić information content (AvgIpc) is 3.27. The Morgan fingerprint density at radius 2 is 1.58 bits per heavy atom. The van der Waals surface area contributed by atoms with Crippen LogP contribution in [0.15, 0.2) is 65.5 Å². The first-order chi connectivity index (χ1) is 17.1. The maximum Gasteiger partial charge on any atom is 0.340 e. The van der Waals surface area contributed by atoms with E-state index < -0.39 is 23.5 Å². The Morgan fingerprint density at radius 1 is 0.944 bits per heavy atom. The van der Waals surface area contributed by atoms with E-state index in [1.165, 1.54) is 23.7 Å². The molecule has 0 bridgehead atoms. The van der Waals surface area contributed by atoms with Crippen LogP contribution >= 0.6 is 0 Å². The molecule has 0 fully saturated rings. The van der Waals surface area contributed by atoms with E-state index in [9.17, 15) is 18.8 Å². The Hall–Kier alpha value is -4.40. The first-order valence-electron chi connectivity index (χ1n) is 11.4. The van der Waals surface area contributed by atoms with Crippen LogP contribution in [0.2, 0.25) is 0 Å². The van der Waals surface area contributed by atoms with Gasteiger partial charge in [-0.1, -0.05) is 18.2 Å². The van der Waals surface area contributed by atoms with E-state index in [2.05, 4.69) is 5.32 Å². The number of carbonyl (C=O) groups excluding carboxylic acids is 2. The topological polar surface area (TPSA) is 87.3 Å². The van der Waals surface area contributed by atoms with Crippen molar-refractivity contribution in [1.82, 2.24) is 13.9 Å². The highest BCUT2D eigenvalue weighted by atomic mass is 19.1. The number of aryl methyl sites for hydroxylation is 1. The quantitative estimate of drug-likeness (QED) is 0.410. The first kappa shape index (κ1) is 24.7. The SMILES string of the molecule is Cc1cc(C(=O)O[C@@H](C)C(=O)Nc2c(C)n(C)n(-c3ccccc3)c2=O)c(C)n1-c1ccc(F)cc1. The normalized spacial score (nSPS) is 11.8. The van der Waals surface area contributed by atoms with Gasteiger partial charge in [0.1, 0.15) is 11.5 Å². The van der Waals surface area contributed by atoms with Crippen molar-refractivity contribution in [1.29, 1.82) is 0 Å². The average molecular weight is 491 g/mol. The van der Waals surface area contributed by atoms with Crippen molar-refractivity contribution < 1.29 is 18.7 Å². The molecule has 2 aromatic heterocycles. The van der Waals surface area contributed by atoms with E-state index >= 15 is 0 Å². The second-order valence-electron chi connectivity index (χ2n) is 8.57. The van der Waals surface area contributed by atoms with Gasteiger partial charge in [0, 0.05) is 24.1 Å². The molecule has 0 saturated carbocycles. The molecule has 1 atom stereocenters. The summed E-state index contributed by atoms with van der Waals surface area (Å²) in [4.78, 5) is 38.8. The first-order valence-corrected chi connectivity index (χ1v) is 11.4. The van der Waals surface area contributed by atoms with Crippen molar-refractivity contribution in [2.45, 2.75) is 33.8 Å². The molecule has 0 saturated heterocycles. The molecule has 8 nitrogen and oxygen atoms in total. The zero-order valence-electron chi connectivity index (χ0n) is 20.7. The smallest absolute Gasteiger partial charge is 0.340 e. The Bertz CT molecular complexity index is 1500. The van der Waals surface area contributed by atoms with Gasteiger partial charge in [0.05, 0.1) is 16.9 Å². The minimum Gasteiger partial charge on any atom is -0.449 e. The van der Waals surface area contributed by atoms with Crippen LogP contribution in [0.5, 0.6) is 0 Å². The lowest BCUT2D eigenvalue weighted by Gasteiger charge is -2.13. The van der Waals surface area contributed by atoms with E-state index in [1.807, 2.05) is 25.1 Å². The fraction of sp³-hybridized carbons (Fsp3) is 0.222. The summed E-state index contributed by atoms with van der Waals surface area (Å²) in [5, 5.41) is 2.62. The fourth-order valence-electron chi connectivity index (χ4n) is 4.17. The number of carbonyl (C=O) groups is 2. The highest BCUT2D eigenvalue weighted by Gasteiger charge is 2.25. The van der Waals surface area contributed by atoms with Crippen LogP contribution in [-0.2, 0) is 16.6 Å². The van der Waals surface area contributed by atoms with Gasteiger partial charge in [-0.2, -0.15) is 0 Å². The zero-order chi connectivity index (χ0) is 26.1. The second-order valence-corrected chi connectivity index (χ2v) is 8.57. The summed E-state index contributed by atoms with van der Waals surface area (Å²) in [6, 6.07) is 16.6. The summed E-state index contributed by atoms with van der Waals surface area (Å²) in [5.41, 5.74) is 3.28. The van der Waals surface area contributed by atoms with Crippen molar-refractivity contribution in [3.63, 3.8) is 0 Å². The van der Waals surface area contributed by atoms with Gasteiger partial charge in [-0.25, -0.2) is 13.9 Å². The Balaban J connectivity index is 1.52. The lowest BCUT2D eigenvalue weighted by atomic mass is 10.2. The van der Waals surface area contributed by atoms with Gasteiger partial charge in [0.2, 0.25) is 0 Å². The lowest BCUT2D eigenvalue weighted by Crippen LogP contribution is -2.32. The maximum absolute atomic E-state index is 13.3. The molecule has 0 aliphatic rings. The summed E-state index contributed by atoms with van der Waals surface area (Å²) in [6.07, 6.45) is -1.16. The molecule has 36 heavy (non-hydrogen) atoms. The van der Waals surface area contributed by atoms with Crippen LogP contribution in [-0.4, -0.2) is 31.9 Å². The second kappa shape index (κ2) is 9.69.